The summed E-state index contributed by atoms with van der Waals surface area (Å²) in [7, 11) is 3.80. The Kier molecular flexibility index (Phi) is 5.97. The first-order valence-electron chi connectivity index (χ1n) is 13.2. The number of benzene rings is 2. The van der Waals surface area contributed by atoms with Crippen LogP contribution in [0.1, 0.15) is 49.3 Å². The van der Waals surface area contributed by atoms with E-state index < -0.39 is 6.10 Å². The number of fused-ring (bicyclic) bond motifs is 1. The number of aliphatic hydroxyl groups is 1. The number of ether oxygens (including phenoxy) is 1. The van der Waals surface area contributed by atoms with Crippen molar-refractivity contribution in [1.82, 2.24) is 5.32 Å². The fraction of sp³-hybridized carbons (Fsp3) is 0.552. The topological polar surface area (TPSA) is 65.0 Å². The second-order valence-corrected chi connectivity index (χ2v) is 11.3. The van der Waals surface area contributed by atoms with E-state index in [0.29, 0.717) is 6.04 Å². The lowest BCUT2D eigenvalue weighted by Crippen LogP contribution is -2.54. The standard InChI is InChI=1S/C29H37N3O3/c1-31-25-8-5-21(14-26(25)32(2)28(31)16-33)27(34)17-35-24-6-3-18(4-7-24)15-30-29-22-10-19-9-20(12-22)13-23(29)11-19/h3-8,14,16,19-20,22-23,27-30,34H,9-13,15,17H2,1-2H3. The Balaban J connectivity index is 1.02. The predicted octanol–water partition coefficient (Wildman–Crippen LogP) is 4.12. The zero-order chi connectivity index (χ0) is 24.1. The number of anilines is 2. The number of nitrogens with one attached hydrogen (secondary N) is 1. The summed E-state index contributed by atoms with van der Waals surface area (Å²) in [6.07, 6.45) is 7.13. The van der Waals surface area contributed by atoms with E-state index in [9.17, 15) is 9.90 Å². The Bertz CT molecular complexity index is 1040. The molecule has 0 radical (unpaired) electrons. The number of hydrogen-bond donors (Lipinski definition) is 2. The molecule has 5 aliphatic rings. The molecule has 186 valence electrons. The summed E-state index contributed by atoms with van der Waals surface area (Å²) in [5.41, 5.74) is 3.99. The minimum atomic E-state index is -0.743. The lowest BCUT2D eigenvalue weighted by molar-refractivity contribution is -0.108. The Hall–Kier alpha value is -2.57. The van der Waals surface area contributed by atoms with Crippen LogP contribution in [0.4, 0.5) is 11.4 Å². The lowest BCUT2D eigenvalue weighted by atomic mass is 9.54. The molecule has 0 saturated heterocycles. The Morgan fingerprint density at radius 3 is 2.29 bits per heavy atom. The van der Waals surface area contributed by atoms with Gasteiger partial charge in [-0.1, -0.05) is 18.2 Å². The molecule has 2 N–H and O–H groups in total. The first kappa shape index (κ1) is 22.9. The summed E-state index contributed by atoms with van der Waals surface area (Å²) in [6.45, 7) is 1.09. The van der Waals surface area contributed by atoms with Crippen LogP contribution in [0.5, 0.6) is 5.75 Å². The van der Waals surface area contributed by atoms with Gasteiger partial charge >= 0.3 is 0 Å². The van der Waals surface area contributed by atoms with Gasteiger partial charge < -0.3 is 25.0 Å². The highest BCUT2D eigenvalue weighted by Crippen LogP contribution is 2.53. The number of carbonyl (C=O) groups is 1. The van der Waals surface area contributed by atoms with Crippen molar-refractivity contribution < 1.29 is 14.6 Å². The van der Waals surface area contributed by atoms with Crippen LogP contribution in [-0.4, -0.2) is 44.3 Å². The van der Waals surface area contributed by atoms with Gasteiger partial charge in [-0.05, 0) is 91.2 Å². The van der Waals surface area contributed by atoms with Gasteiger partial charge in [-0.3, -0.25) is 4.79 Å². The van der Waals surface area contributed by atoms with Gasteiger partial charge in [0.05, 0.1) is 11.4 Å². The molecule has 0 aromatic heterocycles. The highest BCUT2D eigenvalue weighted by Gasteiger charge is 2.47. The van der Waals surface area contributed by atoms with Crippen LogP contribution in [0, 0.1) is 23.7 Å². The van der Waals surface area contributed by atoms with E-state index in [1.54, 1.807) is 0 Å². The molecule has 4 saturated carbocycles. The second-order valence-electron chi connectivity index (χ2n) is 11.3. The van der Waals surface area contributed by atoms with E-state index in [2.05, 4.69) is 17.4 Å². The monoisotopic (exact) mass is 475 g/mol. The fourth-order valence-corrected chi connectivity index (χ4v) is 7.52. The van der Waals surface area contributed by atoms with E-state index in [1.165, 1.54) is 37.7 Å². The molecule has 4 fully saturated rings. The molecule has 35 heavy (non-hydrogen) atoms. The molecule has 1 heterocycles. The first-order chi connectivity index (χ1) is 17.0. The van der Waals surface area contributed by atoms with Gasteiger partial charge in [0.2, 0.25) is 0 Å². The van der Waals surface area contributed by atoms with Crippen molar-refractivity contribution in [2.75, 3.05) is 30.5 Å². The molecule has 2 aromatic rings. The van der Waals surface area contributed by atoms with Gasteiger partial charge in [0.25, 0.3) is 0 Å². The van der Waals surface area contributed by atoms with Gasteiger partial charge in [0.1, 0.15) is 18.5 Å². The lowest BCUT2D eigenvalue weighted by Gasteiger charge is -2.54. The van der Waals surface area contributed by atoms with E-state index in [0.717, 1.165) is 59.2 Å². The predicted molar refractivity (Wildman–Crippen MR) is 138 cm³/mol. The number of aldehydes is 1. The van der Waals surface area contributed by atoms with Gasteiger partial charge in [-0.2, -0.15) is 0 Å². The van der Waals surface area contributed by atoms with Gasteiger partial charge in [-0.25, -0.2) is 0 Å². The van der Waals surface area contributed by atoms with Crippen LogP contribution < -0.4 is 19.9 Å². The molecule has 0 spiro atoms. The van der Waals surface area contributed by atoms with Crippen molar-refractivity contribution >= 4 is 17.7 Å². The molecule has 1 aliphatic heterocycles. The maximum absolute atomic E-state index is 11.4. The van der Waals surface area contributed by atoms with Crippen molar-refractivity contribution in [2.24, 2.45) is 23.7 Å². The summed E-state index contributed by atoms with van der Waals surface area (Å²) in [5, 5.41) is 14.6. The number of hydrogen-bond acceptors (Lipinski definition) is 6. The van der Waals surface area contributed by atoms with Crippen LogP contribution in [0.25, 0.3) is 0 Å². The quantitative estimate of drug-likeness (QED) is 0.560. The smallest absolute Gasteiger partial charge is 0.162 e. The molecule has 2 unspecified atom stereocenters. The minimum Gasteiger partial charge on any atom is -0.491 e. The van der Waals surface area contributed by atoms with Crippen molar-refractivity contribution in [1.29, 1.82) is 0 Å². The number of rotatable bonds is 8. The van der Waals surface area contributed by atoms with Crippen molar-refractivity contribution in [3.8, 4) is 5.75 Å². The van der Waals surface area contributed by atoms with Crippen molar-refractivity contribution in [3.63, 3.8) is 0 Å². The van der Waals surface area contributed by atoms with Crippen molar-refractivity contribution in [3.05, 3.63) is 53.6 Å². The van der Waals surface area contributed by atoms with Crippen LogP contribution in [0.15, 0.2) is 42.5 Å². The number of aliphatic hydroxyl groups excluding tert-OH is 1. The number of nitrogens with zero attached hydrogens (tertiary/aromatic N) is 2. The Labute approximate surface area is 208 Å². The summed E-state index contributed by atoms with van der Waals surface area (Å²) < 4.78 is 5.91. The Morgan fingerprint density at radius 2 is 1.63 bits per heavy atom. The Morgan fingerprint density at radius 1 is 0.971 bits per heavy atom. The SMILES string of the molecule is CN1c2ccc(C(O)COc3ccc(CNC4C5CC6CC(C5)CC4C6)cc3)cc2N(C)C1C=O. The maximum atomic E-state index is 11.4. The van der Waals surface area contributed by atoms with E-state index in [1.807, 2.05) is 54.2 Å². The third-order valence-electron chi connectivity index (χ3n) is 9.16. The van der Waals surface area contributed by atoms with E-state index in [4.69, 9.17) is 4.74 Å². The van der Waals surface area contributed by atoms with Crippen molar-refractivity contribution in [2.45, 2.75) is 57.0 Å². The van der Waals surface area contributed by atoms with E-state index in [-0.39, 0.29) is 12.8 Å². The molecular formula is C29H37N3O3. The third kappa shape index (κ3) is 4.21. The van der Waals surface area contributed by atoms with Crippen LogP contribution in [-0.2, 0) is 11.3 Å². The van der Waals surface area contributed by atoms with Gasteiger partial charge in [-0.15, -0.1) is 0 Å². The minimum absolute atomic E-state index is 0.181. The summed E-state index contributed by atoms with van der Waals surface area (Å²) in [6, 6.07) is 14.8. The highest BCUT2D eigenvalue weighted by atomic mass is 16.5. The largest absolute Gasteiger partial charge is 0.491 e. The zero-order valence-corrected chi connectivity index (χ0v) is 20.8. The third-order valence-corrected chi connectivity index (χ3v) is 9.16. The molecule has 4 aliphatic carbocycles. The fourth-order valence-electron chi connectivity index (χ4n) is 7.52. The number of carbonyl (C=O) groups excluding carboxylic acids is 1. The maximum Gasteiger partial charge on any atom is 0.162 e. The summed E-state index contributed by atoms with van der Waals surface area (Å²) in [4.78, 5) is 15.3. The van der Waals surface area contributed by atoms with Crippen LogP contribution in [0.3, 0.4) is 0 Å². The molecule has 2 aromatic carbocycles. The summed E-state index contributed by atoms with van der Waals surface area (Å²) in [5.74, 6) is 4.56. The first-order valence-corrected chi connectivity index (χ1v) is 13.2. The highest BCUT2D eigenvalue weighted by molar-refractivity contribution is 5.85. The average molecular weight is 476 g/mol. The molecule has 0 amide bonds. The average Bonchev–Trinajstić information content (AvgIpc) is 3.11. The molecule has 7 rings (SSSR count). The van der Waals surface area contributed by atoms with Crippen LogP contribution >= 0.6 is 0 Å². The summed E-state index contributed by atoms with van der Waals surface area (Å²) >= 11 is 0. The van der Waals surface area contributed by atoms with E-state index >= 15 is 0 Å². The number of likely N-dealkylation sites (N-methyl/N-ethyl adjacent to an activating group) is 2. The second kappa shape index (κ2) is 9.14. The molecule has 2 atom stereocenters. The molecular weight excluding hydrogens is 438 g/mol. The molecule has 6 heteroatoms. The van der Waals surface area contributed by atoms with Crippen LogP contribution in [0.2, 0.25) is 0 Å². The normalized spacial score (nSPS) is 31.5. The van der Waals surface area contributed by atoms with Gasteiger partial charge in [0.15, 0.2) is 12.5 Å². The molecule has 6 nitrogen and oxygen atoms in total. The zero-order valence-electron chi connectivity index (χ0n) is 20.8. The molecule has 4 bridgehead atoms. The van der Waals surface area contributed by atoms with Gasteiger partial charge in [0, 0.05) is 26.7 Å².